The second kappa shape index (κ2) is 6.39. The summed E-state index contributed by atoms with van der Waals surface area (Å²) < 4.78 is 27.8. The predicted molar refractivity (Wildman–Crippen MR) is 81.4 cm³/mol. The van der Waals surface area contributed by atoms with Crippen LogP contribution in [-0.2, 0) is 0 Å². The molecule has 1 N–H and O–H groups in total. The first-order valence-electron chi connectivity index (χ1n) is 5.71. The molecule has 0 saturated carbocycles. The van der Waals surface area contributed by atoms with Crippen LogP contribution < -0.4 is 5.32 Å². The Morgan fingerprint density at radius 2 is 1.70 bits per heavy atom. The van der Waals surface area contributed by atoms with Crippen molar-refractivity contribution >= 4 is 39.1 Å². The average Bonchev–Trinajstić information content (AvgIpc) is 2.39. The number of benzene rings is 2. The summed E-state index contributed by atoms with van der Waals surface area (Å²) in [6, 6.07) is 6.57. The van der Waals surface area contributed by atoms with Crippen molar-refractivity contribution in [2.45, 2.75) is 6.04 Å². The van der Waals surface area contributed by atoms with Crippen LogP contribution in [-0.4, -0.2) is 7.05 Å². The van der Waals surface area contributed by atoms with Gasteiger partial charge in [0, 0.05) is 21.2 Å². The molecule has 0 amide bonds. The van der Waals surface area contributed by atoms with Gasteiger partial charge in [-0.25, -0.2) is 8.78 Å². The SMILES string of the molecule is CNC(c1cc(F)c(Br)cc1F)c1c(Cl)cccc1Cl. The highest BCUT2D eigenvalue weighted by molar-refractivity contribution is 9.10. The summed E-state index contributed by atoms with van der Waals surface area (Å²) in [6.45, 7) is 0. The van der Waals surface area contributed by atoms with Gasteiger partial charge in [-0.1, -0.05) is 29.3 Å². The zero-order chi connectivity index (χ0) is 14.9. The first-order valence-corrected chi connectivity index (χ1v) is 7.26. The highest BCUT2D eigenvalue weighted by Gasteiger charge is 2.22. The highest BCUT2D eigenvalue weighted by atomic mass is 79.9. The zero-order valence-electron chi connectivity index (χ0n) is 10.4. The molecule has 0 saturated heterocycles. The molecule has 0 heterocycles. The lowest BCUT2D eigenvalue weighted by atomic mass is 9.98. The Bertz CT molecular complexity index is 629. The topological polar surface area (TPSA) is 12.0 Å². The second-order valence-electron chi connectivity index (χ2n) is 4.14. The van der Waals surface area contributed by atoms with Crippen molar-refractivity contribution in [2.24, 2.45) is 0 Å². The monoisotopic (exact) mass is 379 g/mol. The maximum Gasteiger partial charge on any atom is 0.137 e. The van der Waals surface area contributed by atoms with Crippen molar-refractivity contribution in [3.63, 3.8) is 0 Å². The molecule has 2 aromatic carbocycles. The Morgan fingerprint density at radius 1 is 1.10 bits per heavy atom. The van der Waals surface area contributed by atoms with E-state index in [1.54, 1.807) is 25.2 Å². The normalized spacial score (nSPS) is 12.5. The standard InChI is InChI=1S/C14H10BrCl2F2N/c1-20-14(13-9(16)3-2-4-10(13)17)7-5-12(19)8(15)6-11(7)18/h2-6,14,20H,1H3. The van der Waals surface area contributed by atoms with Crippen LogP contribution in [0, 0.1) is 11.6 Å². The Morgan fingerprint density at radius 3 is 2.25 bits per heavy atom. The van der Waals surface area contributed by atoms with Gasteiger partial charge in [0.05, 0.1) is 10.5 Å². The molecule has 0 aromatic heterocycles. The Kier molecular flexibility index (Phi) is 5.02. The van der Waals surface area contributed by atoms with E-state index in [1.165, 1.54) is 0 Å². The van der Waals surface area contributed by atoms with E-state index in [2.05, 4.69) is 21.2 Å². The van der Waals surface area contributed by atoms with Gasteiger partial charge in [0.25, 0.3) is 0 Å². The largest absolute Gasteiger partial charge is 0.309 e. The molecule has 20 heavy (non-hydrogen) atoms. The molecule has 2 rings (SSSR count). The zero-order valence-corrected chi connectivity index (χ0v) is 13.5. The van der Waals surface area contributed by atoms with Crippen molar-refractivity contribution in [1.29, 1.82) is 0 Å². The van der Waals surface area contributed by atoms with E-state index in [0.717, 1.165) is 12.1 Å². The van der Waals surface area contributed by atoms with E-state index < -0.39 is 17.7 Å². The first-order chi connectivity index (χ1) is 9.45. The van der Waals surface area contributed by atoms with Gasteiger partial charge in [-0.15, -0.1) is 0 Å². The minimum absolute atomic E-state index is 0.0684. The molecule has 0 spiro atoms. The highest BCUT2D eigenvalue weighted by Crippen LogP contribution is 2.36. The fourth-order valence-electron chi connectivity index (χ4n) is 2.00. The lowest BCUT2D eigenvalue weighted by Crippen LogP contribution is -2.20. The van der Waals surface area contributed by atoms with Crippen molar-refractivity contribution < 1.29 is 8.78 Å². The number of hydrogen-bond donors (Lipinski definition) is 1. The third-order valence-corrected chi connectivity index (χ3v) is 4.19. The van der Waals surface area contributed by atoms with E-state index in [1.807, 2.05) is 0 Å². The minimum Gasteiger partial charge on any atom is -0.309 e. The van der Waals surface area contributed by atoms with E-state index in [9.17, 15) is 8.78 Å². The van der Waals surface area contributed by atoms with Gasteiger partial charge in [0.2, 0.25) is 0 Å². The Labute approximate surface area is 134 Å². The lowest BCUT2D eigenvalue weighted by Gasteiger charge is -2.20. The lowest BCUT2D eigenvalue weighted by molar-refractivity contribution is 0.555. The van der Waals surface area contributed by atoms with Crippen LogP contribution in [0.1, 0.15) is 17.2 Å². The maximum atomic E-state index is 14.1. The van der Waals surface area contributed by atoms with Crippen LogP contribution in [0.5, 0.6) is 0 Å². The molecule has 1 nitrogen and oxygen atoms in total. The number of rotatable bonds is 3. The molecule has 2 aromatic rings. The van der Waals surface area contributed by atoms with Crippen LogP contribution in [0.25, 0.3) is 0 Å². The van der Waals surface area contributed by atoms with Crippen LogP contribution >= 0.6 is 39.1 Å². The Balaban J connectivity index is 2.62. The van der Waals surface area contributed by atoms with Gasteiger partial charge in [-0.2, -0.15) is 0 Å². The second-order valence-corrected chi connectivity index (χ2v) is 5.81. The Hall–Kier alpha value is -0.680. The molecule has 0 aliphatic rings. The van der Waals surface area contributed by atoms with Crippen molar-refractivity contribution in [3.05, 3.63) is 67.6 Å². The molecular weight excluding hydrogens is 371 g/mol. The number of hydrogen-bond acceptors (Lipinski definition) is 1. The summed E-state index contributed by atoms with van der Waals surface area (Å²) in [5, 5.41) is 3.69. The number of halogens is 5. The van der Waals surface area contributed by atoms with Gasteiger partial charge >= 0.3 is 0 Å². The van der Waals surface area contributed by atoms with Crippen LogP contribution in [0.3, 0.4) is 0 Å². The average molecular weight is 381 g/mol. The maximum absolute atomic E-state index is 14.1. The molecule has 1 atom stereocenters. The van der Waals surface area contributed by atoms with Gasteiger partial charge in [-0.05, 0) is 47.2 Å². The summed E-state index contributed by atoms with van der Waals surface area (Å²) in [5.41, 5.74) is 0.655. The summed E-state index contributed by atoms with van der Waals surface area (Å²) >= 11 is 15.2. The fraction of sp³-hybridized carbons (Fsp3) is 0.143. The molecule has 106 valence electrons. The van der Waals surface area contributed by atoms with Crippen molar-refractivity contribution in [2.75, 3.05) is 7.05 Å². The van der Waals surface area contributed by atoms with Gasteiger partial charge in [0.15, 0.2) is 0 Å². The first kappa shape index (κ1) is 15.7. The van der Waals surface area contributed by atoms with Crippen molar-refractivity contribution in [3.8, 4) is 0 Å². The molecular formula is C14H10BrCl2F2N. The molecule has 1 unspecified atom stereocenters. The smallest absolute Gasteiger partial charge is 0.137 e. The quantitative estimate of drug-likeness (QED) is 0.708. The summed E-state index contributed by atoms with van der Waals surface area (Å²) in [5.74, 6) is -1.10. The predicted octanol–water partition coefficient (Wildman–Crippen LogP) is 5.34. The summed E-state index contributed by atoms with van der Waals surface area (Å²) in [6.07, 6.45) is 0. The third-order valence-electron chi connectivity index (χ3n) is 2.93. The fourth-order valence-corrected chi connectivity index (χ4v) is 2.93. The number of nitrogens with one attached hydrogen (secondary N) is 1. The minimum atomic E-state index is -0.640. The van der Waals surface area contributed by atoms with Gasteiger partial charge in [0.1, 0.15) is 11.6 Å². The van der Waals surface area contributed by atoms with Crippen molar-refractivity contribution in [1.82, 2.24) is 5.32 Å². The summed E-state index contributed by atoms with van der Waals surface area (Å²) in [4.78, 5) is 0. The molecule has 6 heteroatoms. The van der Waals surface area contributed by atoms with E-state index in [4.69, 9.17) is 23.2 Å². The molecule has 0 bridgehead atoms. The summed E-state index contributed by atoms with van der Waals surface area (Å²) in [7, 11) is 1.63. The van der Waals surface area contributed by atoms with Crippen LogP contribution in [0.2, 0.25) is 10.0 Å². The molecule has 0 aliphatic heterocycles. The van der Waals surface area contributed by atoms with Crippen LogP contribution in [0.4, 0.5) is 8.78 Å². The third kappa shape index (κ3) is 2.98. The van der Waals surface area contributed by atoms with Gasteiger partial charge < -0.3 is 5.32 Å². The molecule has 0 aliphatic carbocycles. The van der Waals surface area contributed by atoms with Gasteiger partial charge in [-0.3, -0.25) is 0 Å². The van der Waals surface area contributed by atoms with E-state index in [-0.39, 0.29) is 10.0 Å². The van der Waals surface area contributed by atoms with E-state index in [0.29, 0.717) is 15.6 Å². The molecule has 0 fully saturated rings. The molecule has 0 radical (unpaired) electrons. The van der Waals surface area contributed by atoms with Crippen LogP contribution in [0.15, 0.2) is 34.8 Å². The van der Waals surface area contributed by atoms with E-state index >= 15 is 0 Å².